The van der Waals surface area contributed by atoms with Gasteiger partial charge >= 0.3 is 0 Å². The van der Waals surface area contributed by atoms with Crippen molar-refractivity contribution in [2.24, 2.45) is 0 Å². The largest absolute Gasteiger partial charge is 0.309 e. The quantitative estimate of drug-likeness (QED) is 0.153. The normalized spacial score (nSPS) is 11.5. The molecule has 6 nitrogen and oxygen atoms in total. The molecule has 318 valence electrons. The van der Waals surface area contributed by atoms with Crippen LogP contribution in [-0.2, 0) is 0 Å². The van der Waals surface area contributed by atoms with Crippen LogP contribution in [0.15, 0.2) is 243 Å². The molecule has 0 unspecified atom stereocenters. The number of aromatic nitrogens is 6. The number of fused-ring (bicyclic) bond motifs is 7. The van der Waals surface area contributed by atoms with Crippen LogP contribution in [0.1, 0.15) is 0 Å². The van der Waals surface area contributed by atoms with Gasteiger partial charge in [-0.2, -0.15) is 9.97 Å². The molecule has 0 saturated heterocycles. The monoisotopic (exact) mass is 868 g/mol. The molecule has 0 radical (unpaired) electrons. The first-order chi connectivity index (χ1) is 33.7. The highest BCUT2D eigenvalue weighted by Crippen LogP contribution is 2.43. The Morgan fingerprint density at radius 2 is 0.706 bits per heavy atom. The maximum absolute atomic E-state index is 5.39. The summed E-state index contributed by atoms with van der Waals surface area (Å²) in [6.45, 7) is 0. The lowest BCUT2D eigenvalue weighted by molar-refractivity contribution is 0.953. The van der Waals surface area contributed by atoms with Crippen LogP contribution in [-0.4, -0.2) is 29.1 Å². The highest BCUT2D eigenvalue weighted by atomic mass is 15.2. The minimum Gasteiger partial charge on any atom is -0.309 e. The third kappa shape index (κ3) is 6.74. The second-order valence-corrected chi connectivity index (χ2v) is 17.1. The van der Waals surface area contributed by atoms with E-state index in [1.807, 2.05) is 30.3 Å². The van der Waals surface area contributed by atoms with E-state index in [2.05, 4.69) is 221 Å². The Hall–Kier alpha value is -9.26. The summed E-state index contributed by atoms with van der Waals surface area (Å²) >= 11 is 0. The number of benzene rings is 9. The molecule has 0 atom stereocenters. The molecule has 13 aromatic rings. The number of hydrogen-bond donors (Lipinski definition) is 0. The first-order valence-corrected chi connectivity index (χ1v) is 22.9. The lowest BCUT2D eigenvalue weighted by Crippen LogP contribution is -2.06. The molecule has 0 N–H and O–H groups in total. The summed E-state index contributed by atoms with van der Waals surface area (Å²) in [4.78, 5) is 21.1. The van der Waals surface area contributed by atoms with E-state index in [0.717, 1.165) is 83.3 Å². The molecular formula is C62H40N6. The average Bonchev–Trinajstić information content (AvgIpc) is 3.95. The second-order valence-electron chi connectivity index (χ2n) is 17.1. The number of para-hydroxylation sites is 2. The minimum absolute atomic E-state index is 0.541. The number of hydrogen-bond acceptors (Lipinski definition) is 4. The molecule has 0 aliphatic rings. The van der Waals surface area contributed by atoms with Crippen LogP contribution in [0.5, 0.6) is 0 Å². The molecule has 9 aromatic carbocycles. The van der Waals surface area contributed by atoms with Crippen LogP contribution in [0.25, 0.3) is 123 Å². The van der Waals surface area contributed by atoms with Gasteiger partial charge in [-0.05, 0) is 76.9 Å². The smallest absolute Gasteiger partial charge is 0.238 e. The molecule has 68 heavy (non-hydrogen) atoms. The standard InChI is InChI=1S/C62H40N6/c1-5-19-41(20-6-1)45-27-18-30-49(38-45)67-54-33-15-13-31-50(54)58-56(67)35-36-57-59(58)51-32-14-16-34-55(51)68(57)62-65-60(44-25-11-4-12-26-44)64-61(66-62)47-29-17-28-46(37-47)53-40-48(42-21-7-2-8-22-42)39-52(63-53)43-23-9-3-10-24-43/h1-40H. The predicted molar refractivity (Wildman–Crippen MR) is 279 cm³/mol. The van der Waals surface area contributed by atoms with Gasteiger partial charge in [-0.3, -0.25) is 4.57 Å². The zero-order valence-electron chi connectivity index (χ0n) is 36.8. The van der Waals surface area contributed by atoms with E-state index < -0.39 is 0 Å². The van der Waals surface area contributed by atoms with Crippen molar-refractivity contribution in [1.29, 1.82) is 0 Å². The summed E-state index contributed by atoms with van der Waals surface area (Å²) in [5.41, 5.74) is 15.5. The number of rotatable bonds is 8. The highest BCUT2D eigenvalue weighted by molar-refractivity contribution is 6.28. The number of pyridine rings is 1. The Kier molecular flexibility index (Phi) is 9.39. The molecule has 0 saturated carbocycles. The third-order valence-corrected chi connectivity index (χ3v) is 13.0. The van der Waals surface area contributed by atoms with Crippen molar-refractivity contribution in [1.82, 2.24) is 29.1 Å². The Bertz CT molecular complexity index is 3950. The van der Waals surface area contributed by atoms with E-state index in [1.165, 1.54) is 21.9 Å². The second kappa shape index (κ2) is 16.3. The molecule has 0 aliphatic carbocycles. The average molecular weight is 869 g/mol. The van der Waals surface area contributed by atoms with Gasteiger partial charge in [0.2, 0.25) is 5.95 Å². The topological polar surface area (TPSA) is 61.4 Å². The van der Waals surface area contributed by atoms with E-state index in [1.54, 1.807) is 0 Å². The van der Waals surface area contributed by atoms with Gasteiger partial charge in [0, 0.05) is 49.5 Å². The fourth-order valence-electron chi connectivity index (χ4n) is 9.83. The number of nitrogens with zero attached hydrogens (tertiary/aromatic N) is 6. The first kappa shape index (κ1) is 39.1. The Balaban J connectivity index is 1.01. The van der Waals surface area contributed by atoms with Gasteiger partial charge < -0.3 is 4.57 Å². The van der Waals surface area contributed by atoms with Crippen molar-refractivity contribution in [2.75, 3.05) is 0 Å². The van der Waals surface area contributed by atoms with Crippen LogP contribution >= 0.6 is 0 Å². The van der Waals surface area contributed by atoms with Gasteiger partial charge in [-0.15, -0.1) is 0 Å². The molecule has 4 heterocycles. The molecule has 0 aliphatic heterocycles. The van der Waals surface area contributed by atoms with Crippen LogP contribution in [0, 0.1) is 0 Å². The van der Waals surface area contributed by atoms with Gasteiger partial charge in [0.1, 0.15) is 0 Å². The SMILES string of the molecule is c1ccc(-c2cccc(-n3c4ccccc4c4c5c6ccccc6n(-c6nc(-c7ccccc7)nc(-c7cccc(-c8cc(-c9ccccc9)cc(-c9ccccc9)n8)c7)n6)c5ccc43)c2)cc1. The van der Waals surface area contributed by atoms with Crippen molar-refractivity contribution < 1.29 is 0 Å². The summed E-state index contributed by atoms with van der Waals surface area (Å²) < 4.78 is 4.61. The molecule has 0 spiro atoms. The van der Waals surface area contributed by atoms with E-state index in [4.69, 9.17) is 19.9 Å². The van der Waals surface area contributed by atoms with Crippen molar-refractivity contribution in [3.63, 3.8) is 0 Å². The fraction of sp³-hybridized carbons (Fsp3) is 0. The van der Waals surface area contributed by atoms with Gasteiger partial charge in [-0.25, -0.2) is 9.97 Å². The van der Waals surface area contributed by atoms with Gasteiger partial charge in [0.25, 0.3) is 0 Å². The summed E-state index contributed by atoms with van der Waals surface area (Å²) in [6.07, 6.45) is 0. The van der Waals surface area contributed by atoms with E-state index in [9.17, 15) is 0 Å². The minimum atomic E-state index is 0.541. The van der Waals surface area contributed by atoms with E-state index in [0.29, 0.717) is 17.6 Å². The molecule has 0 bridgehead atoms. The van der Waals surface area contributed by atoms with E-state index >= 15 is 0 Å². The highest BCUT2D eigenvalue weighted by Gasteiger charge is 2.23. The molecular weight excluding hydrogens is 829 g/mol. The zero-order valence-corrected chi connectivity index (χ0v) is 36.8. The summed E-state index contributed by atoms with van der Waals surface area (Å²) in [7, 11) is 0. The molecule has 6 heteroatoms. The van der Waals surface area contributed by atoms with Gasteiger partial charge in [-0.1, -0.05) is 188 Å². The lowest BCUT2D eigenvalue weighted by Gasteiger charge is -2.13. The van der Waals surface area contributed by atoms with Crippen molar-refractivity contribution in [2.45, 2.75) is 0 Å². The van der Waals surface area contributed by atoms with Gasteiger partial charge in [0.05, 0.1) is 33.5 Å². The lowest BCUT2D eigenvalue weighted by atomic mass is 9.99. The van der Waals surface area contributed by atoms with Crippen LogP contribution in [0.2, 0.25) is 0 Å². The predicted octanol–water partition coefficient (Wildman–Crippen LogP) is 15.5. The van der Waals surface area contributed by atoms with Crippen LogP contribution in [0.4, 0.5) is 0 Å². The summed E-state index contributed by atoms with van der Waals surface area (Å²) in [6, 6.07) is 85.0. The zero-order chi connectivity index (χ0) is 45.0. The van der Waals surface area contributed by atoms with Crippen molar-refractivity contribution >= 4 is 43.6 Å². The fourth-order valence-corrected chi connectivity index (χ4v) is 9.83. The third-order valence-electron chi connectivity index (χ3n) is 13.0. The molecule has 0 fully saturated rings. The van der Waals surface area contributed by atoms with Crippen LogP contribution in [0.3, 0.4) is 0 Å². The molecule has 13 rings (SSSR count). The Labute approximate surface area is 392 Å². The maximum atomic E-state index is 5.39. The van der Waals surface area contributed by atoms with Gasteiger partial charge in [0.15, 0.2) is 11.6 Å². The Morgan fingerprint density at radius 1 is 0.250 bits per heavy atom. The van der Waals surface area contributed by atoms with Crippen molar-refractivity contribution in [3.05, 3.63) is 243 Å². The molecule has 4 aromatic heterocycles. The van der Waals surface area contributed by atoms with E-state index in [-0.39, 0.29) is 0 Å². The van der Waals surface area contributed by atoms with Crippen molar-refractivity contribution in [3.8, 4) is 79.2 Å². The Morgan fingerprint density at radius 3 is 1.35 bits per heavy atom. The maximum Gasteiger partial charge on any atom is 0.238 e. The summed E-state index contributed by atoms with van der Waals surface area (Å²) in [5, 5.41) is 4.64. The summed E-state index contributed by atoms with van der Waals surface area (Å²) in [5.74, 6) is 1.70. The first-order valence-electron chi connectivity index (χ1n) is 22.9. The molecule has 0 amide bonds. The van der Waals surface area contributed by atoms with Crippen LogP contribution < -0.4 is 0 Å².